The summed E-state index contributed by atoms with van der Waals surface area (Å²) in [5.74, 6) is 0. The molecule has 0 aliphatic heterocycles. The summed E-state index contributed by atoms with van der Waals surface area (Å²) in [6.45, 7) is 0. The first-order valence-corrected chi connectivity index (χ1v) is 8.00. The monoisotopic (exact) mass is 956 g/mol. The smallest absolute Gasteiger partial charge is 0.759 e. The van der Waals surface area contributed by atoms with E-state index in [1.165, 1.54) is 0 Å². The molecule has 56 N–H and O–H groups in total. The minimum atomic E-state index is -5.17. The van der Waals surface area contributed by atoms with Crippen LogP contribution in [0, 0.1) is 0 Å². The maximum Gasteiger partial charge on any atom is 3.00 e. The molecular weight excluding hydrogens is 900 g/mol. The zero-order valence-electron chi connectivity index (χ0n) is 23.0. The summed E-state index contributed by atoms with van der Waals surface area (Å²) in [6, 6.07) is 0. The summed E-state index contributed by atoms with van der Waals surface area (Å²) in [6.07, 6.45) is 0. The fraction of sp³-hybridized carbons (Fsp3) is 0. The average Bonchev–Trinajstić information content (AvgIpc) is 1.62. The largest absolute Gasteiger partial charge is 3.00 e. The van der Waals surface area contributed by atoms with Gasteiger partial charge in [0, 0.05) is 41.6 Å². The third kappa shape index (κ3) is 368000. The van der Waals surface area contributed by atoms with Crippen LogP contribution in [-0.4, -0.2) is 202 Å². The fourth-order valence-electron chi connectivity index (χ4n) is 0. The zero-order valence-corrected chi connectivity index (χ0v) is 28.8. The van der Waals surface area contributed by atoms with Crippen molar-refractivity contribution in [3.8, 4) is 0 Å². The molecule has 2 radical (unpaired) electrons. The SMILES string of the molecule is O.O.O.O.O.O.O.O.O.O.O.O.O.O.O.O.O.O.O.O.O.O.O.O.O=S(=O)([O-])[O-].O=S(=O)([O-])[O-].O=S(=O)([O-])[O-].O=S(=O)([O-])[O-].[Cr+3].[Cr+3].[NH4+].[NH4+]. The van der Waals surface area contributed by atoms with Crippen molar-refractivity contribution in [1.82, 2.24) is 12.3 Å². The molecule has 0 aromatic heterocycles. The van der Waals surface area contributed by atoms with E-state index < -0.39 is 41.6 Å². The average molecular weight is 957 g/mol. The van der Waals surface area contributed by atoms with Crippen molar-refractivity contribution in [3.63, 3.8) is 0 Å². The maximum absolute atomic E-state index is 8.52. The predicted octanol–water partition coefficient (Wildman–Crippen LogP) is -24.4. The Morgan fingerprint density at radius 2 is 0.188 bits per heavy atom. The zero-order chi connectivity index (χ0) is 18.0. The molecule has 0 aromatic rings. The molecule has 0 spiro atoms. The van der Waals surface area contributed by atoms with E-state index in [1.54, 1.807) is 0 Å². The summed E-state index contributed by atoms with van der Waals surface area (Å²) in [7, 11) is -20.7. The van der Waals surface area contributed by atoms with Crippen LogP contribution in [0.25, 0.3) is 0 Å². The standard InChI is InChI=1S/2Cr.2H3N.4H2O4S.24H2O/c;;;;4*1-5(2,3)4;;;;;;;;;;;;;;;;;;;;;;;;/h;;2*1H3;4*(H2,1,2,3,4);24*1H2/q2*+3;;;;;;;;;;;;;;;;;;;;;;;;;;;;;;/p-6. The van der Waals surface area contributed by atoms with E-state index in [9.17, 15) is 0 Å². The molecule has 0 rings (SSSR count). The van der Waals surface area contributed by atoms with Gasteiger partial charge < -0.3 is 180 Å². The first-order valence-electron chi connectivity index (χ1n) is 2.67. The van der Waals surface area contributed by atoms with E-state index in [0.29, 0.717) is 0 Å². The Kier molecular flexibility index (Phi) is 1550. The first kappa shape index (κ1) is 427. The molecular formula is H56Cr2N2O40S4. The Hall–Kier alpha value is -0.495. The molecule has 0 amide bonds. The van der Waals surface area contributed by atoms with E-state index in [1.807, 2.05) is 0 Å². The predicted molar refractivity (Wildman–Crippen MR) is 141 cm³/mol. The Morgan fingerprint density at radius 3 is 0.188 bits per heavy atom. The number of quaternary nitrogens is 2. The number of hydrogen-bond acceptors (Lipinski definition) is 16. The molecule has 0 saturated carbocycles. The maximum atomic E-state index is 8.52. The molecule has 0 bridgehead atoms. The Bertz CT molecular complexity index is 496. The minimum absolute atomic E-state index is 0. The van der Waals surface area contributed by atoms with Crippen LogP contribution >= 0.6 is 0 Å². The minimum Gasteiger partial charge on any atom is -0.759 e. The summed E-state index contributed by atoms with van der Waals surface area (Å²) >= 11 is 0. The van der Waals surface area contributed by atoms with Gasteiger partial charge in [-0.05, 0) is 0 Å². The molecule has 0 saturated heterocycles. The van der Waals surface area contributed by atoms with Gasteiger partial charge in [0.1, 0.15) is 0 Å². The van der Waals surface area contributed by atoms with Crippen molar-refractivity contribution in [3.05, 3.63) is 0 Å². The van der Waals surface area contributed by atoms with Crippen LogP contribution in [0.1, 0.15) is 0 Å². The third-order valence-corrected chi connectivity index (χ3v) is 0. The van der Waals surface area contributed by atoms with Crippen molar-refractivity contribution in [2.45, 2.75) is 0 Å². The fourth-order valence-corrected chi connectivity index (χ4v) is 0. The van der Waals surface area contributed by atoms with Gasteiger partial charge in [-0.3, -0.25) is 33.7 Å². The van der Waals surface area contributed by atoms with Crippen LogP contribution in [0.2, 0.25) is 0 Å². The van der Waals surface area contributed by atoms with Gasteiger partial charge in [0.15, 0.2) is 0 Å². The van der Waals surface area contributed by atoms with Gasteiger partial charge in [-0.2, -0.15) is 0 Å². The van der Waals surface area contributed by atoms with Gasteiger partial charge in [-0.1, -0.05) is 0 Å². The number of hydrogen-bond donors (Lipinski definition) is 2. The molecule has 0 atom stereocenters. The van der Waals surface area contributed by atoms with Crippen molar-refractivity contribution in [1.29, 1.82) is 0 Å². The molecule has 48 heavy (non-hydrogen) atoms. The van der Waals surface area contributed by atoms with Crippen LogP contribution in [0.3, 0.4) is 0 Å². The van der Waals surface area contributed by atoms with Gasteiger partial charge in [0.05, 0.1) is 0 Å². The molecule has 342 valence electrons. The first-order chi connectivity index (χ1) is 8.00. The Labute approximate surface area is 289 Å². The molecule has 0 heterocycles. The number of rotatable bonds is 0. The summed E-state index contributed by atoms with van der Waals surface area (Å²) in [5, 5.41) is 0. The second kappa shape index (κ2) is 174. The summed E-state index contributed by atoms with van der Waals surface area (Å²) < 4.78 is 136. The van der Waals surface area contributed by atoms with Crippen LogP contribution in [-0.2, 0) is 76.3 Å². The second-order valence-electron chi connectivity index (χ2n) is 1.63. The Balaban J connectivity index is -0.00000000198. The molecule has 0 aliphatic carbocycles. The van der Waals surface area contributed by atoms with E-state index in [0.717, 1.165) is 0 Å². The van der Waals surface area contributed by atoms with Crippen molar-refractivity contribution in [2.75, 3.05) is 0 Å². The topological polar surface area (TPSA) is 1150 Å². The molecule has 48 heteroatoms. The summed E-state index contributed by atoms with van der Waals surface area (Å²) in [4.78, 5) is 0. The van der Waals surface area contributed by atoms with Gasteiger partial charge in [0.25, 0.3) is 0 Å². The van der Waals surface area contributed by atoms with Crippen LogP contribution in [0.4, 0.5) is 0 Å². The van der Waals surface area contributed by atoms with Crippen LogP contribution < -0.4 is 12.3 Å². The van der Waals surface area contributed by atoms with Gasteiger partial charge >= 0.3 is 34.7 Å². The Morgan fingerprint density at radius 1 is 0.188 bits per heavy atom. The van der Waals surface area contributed by atoms with Crippen LogP contribution in [0.15, 0.2) is 0 Å². The van der Waals surface area contributed by atoms with Gasteiger partial charge in [0.2, 0.25) is 0 Å². The quantitative estimate of drug-likeness (QED) is 0.168. The van der Waals surface area contributed by atoms with E-state index in [-0.39, 0.29) is 178 Å². The third-order valence-electron chi connectivity index (χ3n) is 0. The van der Waals surface area contributed by atoms with Crippen molar-refractivity contribution in [2.24, 2.45) is 0 Å². The second-order valence-corrected chi connectivity index (χ2v) is 4.90. The van der Waals surface area contributed by atoms with E-state index in [2.05, 4.69) is 0 Å². The van der Waals surface area contributed by atoms with E-state index >= 15 is 0 Å². The van der Waals surface area contributed by atoms with Crippen molar-refractivity contribution < 1.29 is 236 Å². The molecule has 0 aliphatic rings. The normalized spacial score (nSPS) is 4.83. The van der Waals surface area contributed by atoms with Crippen LogP contribution in [0.5, 0.6) is 0 Å². The molecule has 0 aromatic carbocycles. The molecule has 0 fully saturated rings. The van der Waals surface area contributed by atoms with Gasteiger partial charge in [-0.25, -0.2) is 0 Å². The molecule has 42 nitrogen and oxygen atoms in total. The van der Waals surface area contributed by atoms with Crippen molar-refractivity contribution >= 4 is 41.6 Å². The van der Waals surface area contributed by atoms with E-state index in [4.69, 9.17) is 70.1 Å². The summed E-state index contributed by atoms with van der Waals surface area (Å²) in [5.41, 5.74) is 0. The van der Waals surface area contributed by atoms with Gasteiger partial charge in [-0.15, -0.1) is 0 Å². The molecule has 0 unspecified atom stereocenters.